The van der Waals surface area contributed by atoms with Gasteiger partial charge in [-0.3, -0.25) is 0 Å². The van der Waals surface area contributed by atoms with E-state index in [0.717, 1.165) is 22.6 Å². The molecule has 4 heteroatoms. The lowest BCUT2D eigenvalue weighted by Gasteiger charge is -2.09. The Morgan fingerprint density at radius 1 is 0.629 bits per heavy atom. The van der Waals surface area contributed by atoms with E-state index in [1.54, 1.807) is 0 Å². The van der Waals surface area contributed by atoms with Gasteiger partial charge in [-0.2, -0.15) is 0 Å². The zero-order valence-electron chi connectivity index (χ0n) is 18.7. The predicted octanol–water partition coefficient (Wildman–Crippen LogP) is 8.47. The van der Waals surface area contributed by atoms with Gasteiger partial charge in [0.25, 0.3) is 0 Å². The molecule has 164 valence electrons. The molecule has 8 aromatic rings. The van der Waals surface area contributed by atoms with Crippen LogP contribution in [-0.4, -0.2) is 14.0 Å². The molecule has 0 aliphatic heterocycles. The van der Waals surface area contributed by atoms with Crippen LogP contribution >= 0.6 is 11.3 Å². The third-order valence-electron chi connectivity index (χ3n) is 6.96. The van der Waals surface area contributed by atoms with Gasteiger partial charge in [-0.05, 0) is 36.4 Å². The van der Waals surface area contributed by atoms with Crippen molar-refractivity contribution in [2.75, 3.05) is 0 Å². The number of imidazole rings is 1. The lowest BCUT2D eigenvalue weighted by molar-refractivity contribution is 1.19. The zero-order chi connectivity index (χ0) is 22.9. The highest BCUT2D eigenvalue weighted by atomic mass is 32.1. The quantitative estimate of drug-likeness (QED) is 0.251. The van der Waals surface area contributed by atoms with E-state index in [1.807, 2.05) is 35.7 Å². The number of para-hydroxylation sites is 1. The molecule has 0 unspecified atom stereocenters. The van der Waals surface area contributed by atoms with Crippen molar-refractivity contribution in [1.82, 2.24) is 14.0 Å². The highest BCUT2D eigenvalue weighted by Crippen LogP contribution is 2.42. The fraction of sp³-hybridized carbons (Fsp3) is 0. The van der Waals surface area contributed by atoms with E-state index < -0.39 is 0 Å². The second-order valence-electron chi connectivity index (χ2n) is 8.93. The molecule has 0 spiro atoms. The van der Waals surface area contributed by atoms with E-state index in [4.69, 9.17) is 4.98 Å². The highest BCUT2D eigenvalue weighted by Gasteiger charge is 2.17. The predicted molar refractivity (Wildman–Crippen MR) is 148 cm³/mol. The minimum atomic E-state index is 0.959. The molecule has 0 atom stereocenters. The Labute approximate surface area is 205 Å². The monoisotopic (exact) mass is 465 g/mol. The summed E-state index contributed by atoms with van der Waals surface area (Å²) in [5.41, 5.74) is 6.73. The van der Waals surface area contributed by atoms with Gasteiger partial charge in [0.15, 0.2) is 0 Å². The highest BCUT2D eigenvalue weighted by molar-refractivity contribution is 7.26. The van der Waals surface area contributed by atoms with Crippen LogP contribution in [0.3, 0.4) is 0 Å². The van der Waals surface area contributed by atoms with Gasteiger partial charge < -0.3 is 8.97 Å². The molecule has 0 aliphatic carbocycles. The molecule has 8 rings (SSSR count). The Bertz CT molecular complexity index is 2020. The first-order chi connectivity index (χ1) is 17.3. The van der Waals surface area contributed by atoms with Gasteiger partial charge in [-0.15, -0.1) is 11.3 Å². The van der Waals surface area contributed by atoms with Crippen molar-refractivity contribution in [3.05, 3.63) is 116 Å². The van der Waals surface area contributed by atoms with Gasteiger partial charge in [-0.1, -0.05) is 66.7 Å². The number of rotatable bonds is 2. The smallest absolute Gasteiger partial charge is 0.137 e. The van der Waals surface area contributed by atoms with Crippen molar-refractivity contribution >= 4 is 59.0 Å². The molecule has 0 amide bonds. The third-order valence-corrected chi connectivity index (χ3v) is 8.16. The Balaban J connectivity index is 1.40. The number of pyridine rings is 1. The van der Waals surface area contributed by atoms with Crippen molar-refractivity contribution in [2.45, 2.75) is 0 Å². The number of hydrogen-bond acceptors (Lipinski definition) is 2. The maximum atomic E-state index is 4.80. The minimum absolute atomic E-state index is 0.959. The maximum absolute atomic E-state index is 4.80. The molecule has 4 aromatic heterocycles. The Morgan fingerprint density at radius 2 is 1.40 bits per heavy atom. The van der Waals surface area contributed by atoms with Crippen LogP contribution in [0.25, 0.3) is 64.6 Å². The summed E-state index contributed by atoms with van der Waals surface area (Å²) >= 11 is 1.88. The summed E-state index contributed by atoms with van der Waals surface area (Å²) in [6, 6.07) is 36.9. The minimum Gasteiger partial charge on any atom is -0.308 e. The molecule has 0 saturated heterocycles. The number of fused-ring (bicyclic) bond motifs is 8. The van der Waals surface area contributed by atoms with E-state index in [9.17, 15) is 0 Å². The topological polar surface area (TPSA) is 22.2 Å². The lowest BCUT2D eigenvalue weighted by Crippen LogP contribution is -1.94. The SMILES string of the molecule is c1ccc2c(c1)sc1c2ccc2c3ccccc3n(-c3ccc(-c4cn5ccccc5n4)cc3)c21. The van der Waals surface area contributed by atoms with Crippen LogP contribution in [0, 0.1) is 0 Å². The first-order valence-corrected chi connectivity index (χ1v) is 12.5. The number of benzene rings is 4. The van der Waals surface area contributed by atoms with Crippen molar-refractivity contribution in [3.63, 3.8) is 0 Å². The molecule has 4 heterocycles. The van der Waals surface area contributed by atoms with Crippen molar-refractivity contribution in [1.29, 1.82) is 0 Å². The van der Waals surface area contributed by atoms with Gasteiger partial charge in [-0.25, -0.2) is 4.98 Å². The molecule has 0 bridgehead atoms. The molecule has 0 fully saturated rings. The van der Waals surface area contributed by atoms with Crippen LogP contribution in [0.4, 0.5) is 0 Å². The molecule has 4 aromatic carbocycles. The molecule has 0 radical (unpaired) electrons. The second kappa shape index (κ2) is 7.05. The van der Waals surface area contributed by atoms with Crippen molar-refractivity contribution < 1.29 is 0 Å². The summed E-state index contributed by atoms with van der Waals surface area (Å²) in [5, 5.41) is 5.23. The first-order valence-electron chi connectivity index (χ1n) is 11.7. The van der Waals surface area contributed by atoms with Crippen molar-refractivity contribution in [2.24, 2.45) is 0 Å². The van der Waals surface area contributed by atoms with E-state index >= 15 is 0 Å². The second-order valence-corrected chi connectivity index (χ2v) is 9.98. The lowest BCUT2D eigenvalue weighted by atomic mass is 10.1. The summed E-state index contributed by atoms with van der Waals surface area (Å²) in [4.78, 5) is 4.80. The largest absolute Gasteiger partial charge is 0.308 e. The third kappa shape index (κ3) is 2.69. The van der Waals surface area contributed by atoms with Crippen molar-refractivity contribution in [3.8, 4) is 16.9 Å². The first kappa shape index (κ1) is 19.0. The molecule has 0 N–H and O–H groups in total. The summed E-state index contributed by atoms with van der Waals surface area (Å²) < 4.78 is 7.16. The molecule has 0 saturated carbocycles. The van der Waals surface area contributed by atoms with Gasteiger partial charge in [0.1, 0.15) is 5.65 Å². The zero-order valence-corrected chi connectivity index (χ0v) is 19.5. The van der Waals surface area contributed by atoms with Crippen LogP contribution in [0.15, 0.2) is 116 Å². The molecular formula is C31H19N3S. The fourth-order valence-electron chi connectivity index (χ4n) is 5.35. The van der Waals surface area contributed by atoms with E-state index in [0.29, 0.717) is 0 Å². The van der Waals surface area contributed by atoms with Gasteiger partial charge >= 0.3 is 0 Å². The number of hydrogen-bond donors (Lipinski definition) is 0. The summed E-state index contributed by atoms with van der Waals surface area (Å²) in [6.45, 7) is 0. The van der Waals surface area contributed by atoms with Crippen LogP contribution in [0.5, 0.6) is 0 Å². The van der Waals surface area contributed by atoms with Crippen LogP contribution in [0.1, 0.15) is 0 Å². The van der Waals surface area contributed by atoms with Gasteiger partial charge in [0.05, 0.1) is 21.4 Å². The van der Waals surface area contributed by atoms with Crippen LogP contribution < -0.4 is 0 Å². The number of aromatic nitrogens is 3. The summed E-state index contributed by atoms with van der Waals surface area (Å²) in [7, 11) is 0. The Hall–Kier alpha value is -4.41. The van der Waals surface area contributed by atoms with E-state index in [-0.39, 0.29) is 0 Å². The molecule has 3 nitrogen and oxygen atoms in total. The molecular weight excluding hydrogens is 446 g/mol. The normalized spacial score (nSPS) is 12.0. The van der Waals surface area contributed by atoms with Gasteiger partial charge in [0, 0.05) is 49.9 Å². The van der Waals surface area contributed by atoms with E-state index in [2.05, 4.69) is 100 Å². The van der Waals surface area contributed by atoms with Crippen LogP contribution in [0.2, 0.25) is 0 Å². The van der Waals surface area contributed by atoms with Gasteiger partial charge in [0.2, 0.25) is 0 Å². The fourth-order valence-corrected chi connectivity index (χ4v) is 6.59. The average Bonchev–Trinajstić information content (AvgIpc) is 3.60. The summed E-state index contributed by atoms with van der Waals surface area (Å²) in [5.74, 6) is 0. The average molecular weight is 466 g/mol. The van der Waals surface area contributed by atoms with Crippen LogP contribution in [-0.2, 0) is 0 Å². The number of thiophene rings is 1. The Morgan fingerprint density at radius 3 is 2.29 bits per heavy atom. The standard InChI is InChI=1S/C31H19N3S/c1-3-9-27-22(7-1)24-16-17-25-23-8-2-4-10-28(23)35-31(25)30(24)34(27)21-14-12-20(13-15-21)26-19-33-18-6-5-11-29(33)32-26/h1-19H. The maximum Gasteiger partial charge on any atom is 0.137 e. The molecule has 0 aliphatic rings. The van der Waals surface area contributed by atoms with E-state index in [1.165, 1.54) is 42.0 Å². The molecule has 35 heavy (non-hydrogen) atoms. The summed E-state index contributed by atoms with van der Waals surface area (Å²) in [6.07, 6.45) is 4.13. The number of nitrogens with zero attached hydrogens (tertiary/aromatic N) is 3. The Kier molecular flexibility index (Phi) is 3.82.